The van der Waals surface area contributed by atoms with E-state index in [2.05, 4.69) is 4.98 Å². The van der Waals surface area contributed by atoms with Gasteiger partial charge in [-0.1, -0.05) is 48.0 Å². The largest absolute Gasteiger partial charge is 0.455 e. The minimum Gasteiger partial charge on any atom is -0.455 e. The SMILES string of the molecule is CC(=O)O[C@H]1[C@H](n2cc(C)c(Oc3ccc(C)cc3C)nc2=O)OC(COS(C)(=O)=O)(COS(C)(=O)=O)[C@@H]1OCc1ccccc1. The summed E-state index contributed by atoms with van der Waals surface area (Å²) in [6.07, 6.45) is -1.39. The standard InChI is InChI=1S/C30H36N2O12S2/c1-19-12-13-24(20(2)14-19)43-27-21(3)15-32(29(34)31-27)28-25(42-22(4)33)26(39-16-23-10-8-7-9-11-23)30(44-28,17-40-45(5,35)36)18-41-46(6,37)38/h7-15,25-26,28H,16-18H2,1-6H3/t25-,26-,28-/m1/s1. The van der Waals surface area contributed by atoms with Crippen molar-refractivity contribution < 1.29 is 48.9 Å². The summed E-state index contributed by atoms with van der Waals surface area (Å²) in [7, 11) is -8.24. The number of aryl methyl sites for hydroxylation is 3. The molecule has 250 valence electrons. The van der Waals surface area contributed by atoms with Crippen molar-refractivity contribution in [3.63, 3.8) is 0 Å². The number of hydrogen-bond acceptors (Lipinski definition) is 13. The van der Waals surface area contributed by atoms with Crippen LogP contribution < -0.4 is 10.4 Å². The highest BCUT2D eigenvalue weighted by atomic mass is 32.2. The number of carbonyl (C=O) groups excluding carboxylic acids is 1. The molecule has 4 rings (SSSR count). The van der Waals surface area contributed by atoms with Crippen LogP contribution in [0.2, 0.25) is 0 Å². The molecule has 0 bridgehead atoms. The van der Waals surface area contributed by atoms with Crippen molar-refractivity contribution in [2.24, 2.45) is 0 Å². The molecule has 0 spiro atoms. The summed E-state index contributed by atoms with van der Waals surface area (Å²) in [5.74, 6) is -0.292. The van der Waals surface area contributed by atoms with E-state index in [1.165, 1.54) is 6.20 Å². The third-order valence-corrected chi connectivity index (χ3v) is 8.05. The minimum absolute atomic E-state index is 0.0131. The van der Waals surface area contributed by atoms with Gasteiger partial charge in [-0.25, -0.2) is 4.79 Å². The van der Waals surface area contributed by atoms with Gasteiger partial charge < -0.3 is 18.9 Å². The number of carbonyl (C=O) groups is 1. The molecule has 1 aliphatic rings. The molecule has 0 saturated carbocycles. The molecule has 1 saturated heterocycles. The van der Waals surface area contributed by atoms with Crippen molar-refractivity contribution in [2.75, 3.05) is 25.7 Å². The normalized spacial score (nSPS) is 19.6. The molecule has 3 aromatic rings. The summed E-state index contributed by atoms with van der Waals surface area (Å²) in [4.78, 5) is 30.0. The smallest absolute Gasteiger partial charge is 0.353 e. The first kappa shape index (κ1) is 35.2. The first-order valence-electron chi connectivity index (χ1n) is 14.0. The molecule has 0 amide bonds. The van der Waals surface area contributed by atoms with Crippen LogP contribution in [0, 0.1) is 20.8 Å². The second kappa shape index (κ2) is 14.0. The van der Waals surface area contributed by atoms with Crippen LogP contribution in [0.5, 0.6) is 11.6 Å². The Morgan fingerprint density at radius 3 is 2.15 bits per heavy atom. The van der Waals surface area contributed by atoms with E-state index in [1.807, 2.05) is 26.0 Å². The maximum Gasteiger partial charge on any atom is 0.353 e. The number of hydrogen-bond donors (Lipinski definition) is 0. The predicted molar refractivity (Wildman–Crippen MR) is 164 cm³/mol. The highest BCUT2D eigenvalue weighted by molar-refractivity contribution is 7.86. The summed E-state index contributed by atoms with van der Waals surface area (Å²) in [5.41, 5.74) is -0.00163. The second-order valence-corrected chi connectivity index (χ2v) is 14.4. The zero-order chi connectivity index (χ0) is 33.9. The van der Waals surface area contributed by atoms with Crippen LogP contribution in [0.3, 0.4) is 0 Å². The number of ether oxygens (including phenoxy) is 4. The molecule has 0 radical (unpaired) electrons. The molecule has 46 heavy (non-hydrogen) atoms. The topological polar surface area (TPSA) is 176 Å². The summed E-state index contributed by atoms with van der Waals surface area (Å²) < 4.78 is 83.7. The van der Waals surface area contributed by atoms with E-state index in [0.717, 1.165) is 35.1 Å². The van der Waals surface area contributed by atoms with Gasteiger partial charge in [0.05, 0.1) is 19.1 Å². The van der Waals surface area contributed by atoms with Crippen molar-refractivity contribution in [1.82, 2.24) is 9.55 Å². The van der Waals surface area contributed by atoms with E-state index in [4.69, 9.17) is 27.3 Å². The van der Waals surface area contributed by atoms with Crippen LogP contribution in [-0.2, 0) is 54.2 Å². The van der Waals surface area contributed by atoms with Gasteiger partial charge in [0.25, 0.3) is 20.2 Å². The lowest BCUT2D eigenvalue weighted by Gasteiger charge is -2.33. The van der Waals surface area contributed by atoms with Crippen LogP contribution in [0.15, 0.2) is 59.5 Å². The Bertz CT molecular complexity index is 1810. The fourth-order valence-corrected chi connectivity index (χ4v) is 5.73. The summed E-state index contributed by atoms with van der Waals surface area (Å²) in [5, 5.41) is 0. The van der Waals surface area contributed by atoms with E-state index in [9.17, 15) is 26.4 Å². The van der Waals surface area contributed by atoms with E-state index >= 15 is 0 Å². The Balaban J connectivity index is 1.82. The number of esters is 1. The molecule has 0 N–H and O–H groups in total. The third-order valence-electron chi connectivity index (χ3n) is 6.96. The van der Waals surface area contributed by atoms with Gasteiger partial charge in [-0.2, -0.15) is 21.8 Å². The molecule has 2 heterocycles. The van der Waals surface area contributed by atoms with Crippen LogP contribution in [0.4, 0.5) is 0 Å². The van der Waals surface area contributed by atoms with Gasteiger partial charge in [-0.3, -0.25) is 17.7 Å². The monoisotopic (exact) mass is 680 g/mol. The summed E-state index contributed by atoms with van der Waals surface area (Å²) in [6, 6.07) is 14.3. The fraction of sp³-hybridized carbons (Fsp3) is 0.433. The molecule has 16 heteroatoms. The minimum atomic E-state index is -4.12. The molecule has 0 aliphatic carbocycles. The Morgan fingerprint density at radius 2 is 1.59 bits per heavy atom. The van der Waals surface area contributed by atoms with Gasteiger partial charge in [0, 0.05) is 18.7 Å². The van der Waals surface area contributed by atoms with Crippen LogP contribution in [0.25, 0.3) is 0 Å². The quantitative estimate of drug-likeness (QED) is 0.190. The average molecular weight is 681 g/mol. The molecular weight excluding hydrogens is 644 g/mol. The molecule has 1 aromatic heterocycles. The summed E-state index contributed by atoms with van der Waals surface area (Å²) in [6.45, 7) is 4.80. The lowest BCUT2D eigenvalue weighted by molar-refractivity contribution is -0.159. The maximum absolute atomic E-state index is 13.5. The Kier molecular flexibility index (Phi) is 10.7. The molecule has 0 unspecified atom stereocenters. The van der Waals surface area contributed by atoms with Gasteiger partial charge in [-0.05, 0) is 38.0 Å². The van der Waals surface area contributed by atoms with Gasteiger partial charge >= 0.3 is 11.7 Å². The third kappa shape index (κ3) is 8.98. The Hall–Kier alpha value is -3.67. The number of rotatable bonds is 13. The molecular formula is C30H36N2O12S2. The Morgan fingerprint density at radius 1 is 0.957 bits per heavy atom. The van der Waals surface area contributed by atoms with E-state index in [1.54, 1.807) is 43.3 Å². The van der Waals surface area contributed by atoms with E-state index < -0.39 is 69.1 Å². The number of nitrogens with zero attached hydrogens (tertiary/aromatic N) is 2. The highest BCUT2D eigenvalue weighted by Gasteiger charge is 2.60. The average Bonchev–Trinajstić information content (AvgIpc) is 3.25. The number of benzene rings is 2. The van der Waals surface area contributed by atoms with Crippen LogP contribution in [0.1, 0.15) is 35.4 Å². The first-order chi connectivity index (χ1) is 21.5. The fourth-order valence-electron chi connectivity index (χ4n) is 4.90. The van der Waals surface area contributed by atoms with Gasteiger partial charge in [0.2, 0.25) is 5.88 Å². The van der Waals surface area contributed by atoms with Crippen molar-refractivity contribution in [2.45, 2.75) is 58.3 Å². The first-order valence-corrected chi connectivity index (χ1v) is 17.6. The molecule has 14 nitrogen and oxygen atoms in total. The molecule has 1 aliphatic heterocycles. The van der Waals surface area contributed by atoms with Crippen molar-refractivity contribution in [3.05, 3.63) is 87.5 Å². The lowest BCUT2D eigenvalue weighted by Crippen LogP contribution is -2.53. The predicted octanol–water partition coefficient (Wildman–Crippen LogP) is 2.70. The molecule has 1 fully saturated rings. The zero-order valence-corrected chi connectivity index (χ0v) is 27.8. The van der Waals surface area contributed by atoms with E-state index in [0.29, 0.717) is 16.9 Å². The van der Waals surface area contributed by atoms with Gasteiger partial charge in [0.1, 0.15) is 25.1 Å². The Labute approximate surface area is 267 Å². The summed E-state index contributed by atoms with van der Waals surface area (Å²) >= 11 is 0. The van der Waals surface area contributed by atoms with Crippen LogP contribution in [-0.4, -0.2) is 75.9 Å². The van der Waals surface area contributed by atoms with Crippen molar-refractivity contribution in [1.29, 1.82) is 0 Å². The zero-order valence-electron chi connectivity index (χ0n) is 26.2. The number of aromatic nitrogens is 2. The molecule has 2 aromatic carbocycles. The van der Waals surface area contributed by atoms with Gasteiger partial charge in [-0.15, -0.1) is 0 Å². The maximum atomic E-state index is 13.5. The van der Waals surface area contributed by atoms with Crippen molar-refractivity contribution in [3.8, 4) is 11.6 Å². The van der Waals surface area contributed by atoms with E-state index in [-0.39, 0.29) is 12.5 Å². The van der Waals surface area contributed by atoms with Crippen LogP contribution >= 0.6 is 0 Å². The highest BCUT2D eigenvalue weighted by Crippen LogP contribution is 2.42. The second-order valence-electron chi connectivity index (χ2n) is 11.1. The molecule has 3 atom stereocenters. The van der Waals surface area contributed by atoms with Gasteiger partial charge in [0.15, 0.2) is 17.9 Å². The van der Waals surface area contributed by atoms with Crippen molar-refractivity contribution >= 4 is 26.2 Å². The lowest BCUT2D eigenvalue weighted by atomic mass is 9.96.